The summed E-state index contributed by atoms with van der Waals surface area (Å²) in [6, 6.07) is 12.4. The minimum absolute atomic E-state index is 0.133. The topological polar surface area (TPSA) is 167 Å². The van der Waals surface area contributed by atoms with Gasteiger partial charge in [-0.05, 0) is 50.1 Å². The fourth-order valence-electron chi connectivity index (χ4n) is 3.76. The van der Waals surface area contributed by atoms with Crippen LogP contribution in [0.5, 0.6) is 0 Å². The number of aryl methyl sites for hydroxylation is 1. The third-order valence-corrected chi connectivity index (χ3v) is 7.54. The second-order valence-electron chi connectivity index (χ2n) is 9.86. The van der Waals surface area contributed by atoms with Crippen molar-refractivity contribution >= 4 is 22.1 Å². The molecule has 1 unspecified atom stereocenters. The molecule has 0 fully saturated rings. The Balaban J connectivity index is 1.54. The molecule has 1 heterocycles. The molecule has 46 heavy (non-hydrogen) atoms. The van der Waals surface area contributed by atoms with Crippen LogP contribution in [0.2, 0.25) is 0 Å². The molecule has 3 aromatic rings. The maximum atomic E-state index is 13.5. The Bertz CT molecular complexity index is 1630. The second-order valence-corrected chi connectivity index (χ2v) is 11.5. The first-order valence-electron chi connectivity index (χ1n) is 13.9. The number of amides is 1. The summed E-state index contributed by atoms with van der Waals surface area (Å²) in [7, 11) is -2.97. The highest BCUT2D eigenvalue weighted by molar-refractivity contribution is 7.90. The van der Waals surface area contributed by atoms with E-state index in [1.165, 1.54) is 26.1 Å². The molecular weight excluding hydrogens is 637 g/mol. The molecule has 250 valence electrons. The highest BCUT2D eigenvalue weighted by atomic mass is 32.2. The Morgan fingerprint density at radius 1 is 1.13 bits per heavy atom. The van der Waals surface area contributed by atoms with Gasteiger partial charge in [-0.25, -0.2) is 22.6 Å². The van der Waals surface area contributed by atoms with Crippen LogP contribution in [0, 0.1) is 12.1 Å². The monoisotopic (exact) mass is 670 g/mol. The summed E-state index contributed by atoms with van der Waals surface area (Å²) < 4.78 is 78.4. The second kappa shape index (κ2) is 15.4. The van der Waals surface area contributed by atoms with E-state index < -0.39 is 40.2 Å². The maximum Gasteiger partial charge on any atom is 0.435 e. The lowest BCUT2D eigenvalue weighted by atomic mass is 10.1. The molecule has 0 bridgehead atoms. The predicted octanol–water partition coefficient (Wildman–Crippen LogP) is 5.10. The lowest BCUT2D eigenvalue weighted by molar-refractivity contribution is -0.707. The Kier molecular flexibility index (Phi) is 11.9. The van der Waals surface area contributed by atoms with Crippen molar-refractivity contribution < 1.29 is 50.5 Å². The van der Waals surface area contributed by atoms with Gasteiger partial charge in [-0.2, -0.15) is 18.3 Å². The number of alkyl halides is 3. The summed E-state index contributed by atoms with van der Waals surface area (Å²) in [6.07, 6.45) is -6.27. The maximum absolute atomic E-state index is 13.5. The molecular formula is C28H33F3N6O8S. The number of hydrogen-bond acceptors (Lipinski definition) is 10. The molecule has 0 saturated heterocycles. The van der Waals surface area contributed by atoms with Crippen molar-refractivity contribution in [2.45, 2.75) is 57.4 Å². The van der Waals surface area contributed by atoms with E-state index in [0.29, 0.717) is 12.0 Å². The van der Waals surface area contributed by atoms with E-state index in [1.807, 2.05) is 6.92 Å². The average molecular weight is 671 g/mol. The van der Waals surface area contributed by atoms with Crippen LogP contribution in [0.3, 0.4) is 0 Å². The van der Waals surface area contributed by atoms with Crippen molar-refractivity contribution in [3.8, 4) is 16.9 Å². The zero-order valence-electron chi connectivity index (χ0n) is 25.4. The molecule has 1 atom stereocenters. The Hall–Kier alpha value is -4.87. The number of esters is 1. The molecule has 3 rings (SSSR count). The number of rotatable bonds is 14. The third-order valence-electron chi connectivity index (χ3n) is 6.21. The predicted molar refractivity (Wildman–Crippen MR) is 155 cm³/mol. The first kappa shape index (κ1) is 35.6. The number of sulfonamides is 1. The number of nitrogens with one attached hydrogen (secondary N) is 1. The van der Waals surface area contributed by atoms with E-state index in [2.05, 4.69) is 10.4 Å². The van der Waals surface area contributed by atoms with Crippen LogP contribution in [0.25, 0.3) is 16.9 Å². The van der Waals surface area contributed by atoms with Gasteiger partial charge in [0.25, 0.3) is 16.3 Å². The number of carbonyl (C=O) groups excluding carboxylic acids is 2. The quantitative estimate of drug-likeness (QED) is 0.0608. The van der Waals surface area contributed by atoms with Gasteiger partial charge in [0, 0.05) is 18.9 Å². The van der Waals surface area contributed by atoms with Crippen molar-refractivity contribution in [2.24, 2.45) is 5.28 Å². The van der Waals surface area contributed by atoms with Crippen molar-refractivity contribution in [3.05, 3.63) is 71.1 Å². The zero-order chi connectivity index (χ0) is 34.1. The van der Waals surface area contributed by atoms with Crippen molar-refractivity contribution in [1.82, 2.24) is 19.5 Å². The highest BCUT2D eigenvalue weighted by Crippen LogP contribution is 2.33. The van der Waals surface area contributed by atoms with Crippen LogP contribution in [0.1, 0.15) is 44.4 Å². The largest absolute Gasteiger partial charge is 0.569 e. The number of nitrogens with zero attached hydrogens (tertiary/aromatic N) is 5. The van der Waals surface area contributed by atoms with Crippen LogP contribution in [0.4, 0.5) is 18.0 Å². The molecule has 2 aromatic carbocycles. The number of hydrazine groups is 1. The minimum Gasteiger partial charge on any atom is -0.569 e. The van der Waals surface area contributed by atoms with E-state index in [0.717, 1.165) is 33.5 Å². The lowest BCUT2D eigenvalue weighted by Gasteiger charge is -2.14. The Labute approximate surface area is 262 Å². The Morgan fingerprint density at radius 3 is 2.39 bits per heavy atom. The molecule has 14 nitrogen and oxygen atoms in total. The highest BCUT2D eigenvalue weighted by Gasteiger charge is 2.35. The van der Waals surface area contributed by atoms with Gasteiger partial charge >= 0.3 is 18.2 Å². The zero-order valence-corrected chi connectivity index (χ0v) is 26.2. The summed E-state index contributed by atoms with van der Waals surface area (Å²) in [5.41, 5.74) is 0.560. The van der Waals surface area contributed by atoms with E-state index in [4.69, 9.17) is 14.3 Å². The number of aromatic nitrogens is 2. The fraction of sp³-hybridized carbons (Fsp3) is 0.393. The molecule has 1 N–H and O–H groups in total. The summed E-state index contributed by atoms with van der Waals surface area (Å²) in [4.78, 5) is 27.9. The molecule has 0 aliphatic carbocycles. The smallest absolute Gasteiger partial charge is 0.435 e. The average Bonchev–Trinajstić information content (AvgIpc) is 3.46. The van der Waals surface area contributed by atoms with Crippen molar-refractivity contribution in [2.75, 3.05) is 20.2 Å². The number of carbonyl (C=O) groups is 2. The molecule has 0 radical (unpaired) electrons. The van der Waals surface area contributed by atoms with Crippen LogP contribution >= 0.6 is 0 Å². The normalized spacial score (nSPS) is 12.7. The van der Waals surface area contributed by atoms with Gasteiger partial charge in [0.05, 0.1) is 41.4 Å². The van der Waals surface area contributed by atoms with E-state index in [-0.39, 0.29) is 47.2 Å². The molecule has 0 aliphatic heterocycles. The molecule has 18 heteroatoms. The SMILES string of the molecule is CCC(=O)OC(C)O/N=[N+](\[O-])N(C)CCCCOC(=O)NS(=O)(=O)c1ccc(-n2nc(C(F)(F)F)cc2-c2ccc(C)cc2)cc1. The summed E-state index contributed by atoms with van der Waals surface area (Å²) in [5.74, 6) is -0.521. The molecule has 1 amide bonds. The van der Waals surface area contributed by atoms with Gasteiger partial charge in [0.2, 0.25) is 5.28 Å². The van der Waals surface area contributed by atoms with Gasteiger partial charge < -0.3 is 14.7 Å². The number of ether oxygens (including phenoxy) is 2. The summed E-state index contributed by atoms with van der Waals surface area (Å²) >= 11 is 0. The van der Waals surface area contributed by atoms with E-state index >= 15 is 0 Å². The number of hydrogen-bond donors (Lipinski definition) is 1. The summed E-state index contributed by atoms with van der Waals surface area (Å²) in [6.45, 7) is 4.82. The van der Waals surface area contributed by atoms with Gasteiger partial charge in [-0.15, -0.1) is 5.01 Å². The van der Waals surface area contributed by atoms with Crippen LogP contribution < -0.4 is 4.72 Å². The van der Waals surface area contributed by atoms with Crippen LogP contribution in [-0.4, -0.2) is 66.7 Å². The molecule has 0 saturated carbocycles. The van der Waals surface area contributed by atoms with Gasteiger partial charge in [0.15, 0.2) is 5.69 Å². The van der Waals surface area contributed by atoms with E-state index in [9.17, 15) is 36.4 Å². The molecule has 0 aliphatic rings. The number of unbranched alkanes of at least 4 members (excludes halogenated alkanes) is 1. The van der Waals surface area contributed by atoms with Crippen LogP contribution in [0.15, 0.2) is 64.8 Å². The molecule has 0 spiro atoms. The third kappa shape index (κ3) is 10.1. The van der Waals surface area contributed by atoms with Crippen molar-refractivity contribution in [1.29, 1.82) is 0 Å². The van der Waals surface area contributed by atoms with Crippen molar-refractivity contribution in [3.63, 3.8) is 0 Å². The van der Waals surface area contributed by atoms with E-state index in [1.54, 1.807) is 35.9 Å². The van der Waals surface area contributed by atoms with Gasteiger partial charge in [0.1, 0.15) is 0 Å². The standard InChI is InChI=1S/C28H33F3N6O8S/c1-5-26(38)44-20(3)45-34-37(40)35(4)16-6-7-17-43-27(39)33-46(41,42)23-14-12-22(13-15-23)36-24(18-25(32-36)28(29,30)31)21-10-8-19(2)9-11-21/h8-15,18,20H,5-7,16-17H2,1-4H3,(H,33,39)/b37-34-. The Morgan fingerprint density at radius 2 is 1.78 bits per heavy atom. The number of halogens is 3. The minimum atomic E-state index is -4.71. The fourth-order valence-corrected chi connectivity index (χ4v) is 4.65. The summed E-state index contributed by atoms with van der Waals surface area (Å²) in [5, 5.41) is 20.0. The van der Waals surface area contributed by atoms with Gasteiger partial charge in [-0.3, -0.25) is 9.63 Å². The first-order valence-corrected chi connectivity index (χ1v) is 15.4. The number of benzene rings is 2. The first-order chi connectivity index (χ1) is 21.6. The lowest BCUT2D eigenvalue weighted by Crippen LogP contribution is -2.31. The van der Waals surface area contributed by atoms with Crippen LogP contribution in [-0.2, 0) is 35.3 Å². The molecule has 1 aromatic heterocycles. The van der Waals surface area contributed by atoms with Gasteiger partial charge in [-0.1, -0.05) is 36.8 Å².